The molecule has 0 heterocycles. The minimum Gasteiger partial charge on any atom is -0.380 e. The first-order chi connectivity index (χ1) is 10.2. The zero-order valence-electron chi connectivity index (χ0n) is 12.6. The second kappa shape index (κ2) is 10.7. The fourth-order valence-corrected chi connectivity index (χ4v) is 2.32. The van der Waals surface area contributed by atoms with Gasteiger partial charge in [0.1, 0.15) is 0 Å². The minimum atomic E-state index is 0.667. The first-order valence-corrected chi connectivity index (χ1v) is 7.89. The molecular formula is C15H23Cl2N3O. The van der Waals surface area contributed by atoms with E-state index < -0.39 is 0 Å². The van der Waals surface area contributed by atoms with Gasteiger partial charge < -0.3 is 15.4 Å². The number of ether oxygens (including phenoxy) is 1. The van der Waals surface area contributed by atoms with Gasteiger partial charge in [0.2, 0.25) is 0 Å². The SMILES string of the molecule is CCOCCNC(=NC)NCCCc1ccc(Cl)cc1Cl. The van der Waals surface area contributed by atoms with E-state index >= 15 is 0 Å². The standard InChI is InChI=1S/C15H23Cl2N3O/c1-3-21-10-9-20-15(18-2)19-8-4-5-12-6-7-13(16)11-14(12)17/h6-7,11H,3-5,8-10H2,1-2H3,(H2,18,19,20). The molecule has 0 aliphatic rings. The van der Waals surface area contributed by atoms with Crippen molar-refractivity contribution in [2.75, 3.05) is 33.4 Å². The predicted molar refractivity (Wildman–Crippen MR) is 90.6 cm³/mol. The van der Waals surface area contributed by atoms with Crippen molar-refractivity contribution in [1.82, 2.24) is 10.6 Å². The lowest BCUT2D eigenvalue weighted by molar-refractivity contribution is 0.152. The number of aliphatic imine (C=N–C) groups is 1. The third-order valence-electron chi connectivity index (χ3n) is 2.90. The summed E-state index contributed by atoms with van der Waals surface area (Å²) in [6.07, 6.45) is 1.87. The molecule has 0 aliphatic carbocycles. The molecule has 0 aromatic heterocycles. The molecule has 0 unspecified atom stereocenters. The first-order valence-electron chi connectivity index (χ1n) is 7.13. The lowest BCUT2D eigenvalue weighted by atomic mass is 10.1. The molecule has 4 nitrogen and oxygen atoms in total. The number of guanidine groups is 1. The van der Waals surface area contributed by atoms with Crippen molar-refractivity contribution in [1.29, 1.82) is 0 Å². The van der Waals surface area contributed by atoms with E-state index in [1.165, 1.54) is 0 Å². The average molecular weight is 332 g/mol. The normalized spacial score (nSPS) is 11.5. The molecule has 0 saturated heterocycles. The number of aryl methyl sites for hydroxylation is 1. The second-order valence-electron chi connectivity index (χ2n) is 4.46. The summed E-state index contributed by atoms with van der Waals surface area (Å²) in [5.41, 5.74) is 1.11. The Hall–Kier alpha value is -0.970. The van der Waals surface area contributed by atoms with Gasteiger partial charge in [-0.25, -0.2) is 0 Å². The number of halogens is 2. The first kappa shape index (κ1) is 18.1. The molecule has 21 heavy (non-hydrogen) atoms. The molecule has 1 rings (SSSR count). The fourth-order valence-electron chi connectivity index (χ4n) is 1.82. The van der Waals surface area contributed by atoms with Crippen LogP contribution in [-0.2, 0) is 11.2 Å². The van der Waals surface area contributed by atoms with Crippen LogP contribution in [0.5, 0.6) is 0 Å². The molecule has 0 aliphatic heterocycles. The van der Waals surface area contributed by atoms with Gasteiger partial charge in [-0.15, -0.1) is 0 Å². The van der Waals surface area contributed by atoms with E-state index in [4.69, 9.17) is 27.9 Å². The second-order valence-corrected chi connectivity index (χ2v) is 5.31. The topological polar surface area (TPSA) is 45.6 Å². The highest BCUT2D eigenvalue weighted by Crippen LogP contribution is 2.21. The summed E-state index contributed by atoms with van der Waals surface area (Å²) >= 11 is 12.0. The molecule has 0 bridgehead atoms. The van der Waals surface area contributed by atoms with Crippen molar-refractivity contribution in [3.05, 3.63) is 33.8 Å². The monoisotopic (exact) mass is 331 g/mol. The molecular weight excluding hydrogens is 309 g/mol. The van der Waals surface area contributed by atoms with Crippen molar-refractivity contribution < 1.29 is 4.74 Å². The summed E-state index contributed by atoms with van der Waals surface area (Å²) in [6, 6.07) is 5.62. The van der Waals surface area contributed by atoms with Gasteiger partial charge in [-0.1, -0.05) is 29.3 Å². The maximum absolute atomic E-state index is 6.14. The number of nitrogens with zero attached hydrogens (tertiary/aromatic N) is 1. The molecule has 0 fully saturated rings. The zero-order valence-corrected chi connectivity index (χ0v) is 14.1. The van der Waals surface area contributed by atoms with Crippen molar-refractivity contribution in [3.8, 4) is 0 Å². The lowest BCUT2D eigenvalue weighted by Gasteiger charge is -2.12. The summed E-state index contributed by atoms with van der Waals surface area (Å²) in [6.45, 7) is 4.96. The highest BCUT2D eigenvalue weighted by Gasteiger charge is 2.02. The molecule has 0 spiro atoms. The van der Waals surface area contributed by atoms with Crippen molar-refractivity contribution >= 4 is 29.2 Å². The van der Waals surface area contributed by atoms with Crippen LogP contribution in [0, 0.1) is 0 Å². The van der Waals surface area contributed by atoms with E-state index in [2.05, 4.69) is 15.6 Å². The van der Waals surface area contributed by atoms with E-state index in [0.29, 0.717) is 11.6 Å². The molecule has 1 aromatic carbocycles. The summed E-state index contributed by atoms with van der Waals surface area (Å²) in [4.78, 5) is 4.15. The fraction of sp³-hybridized carbons (Fsp3) is 0.533. The van der Waals surface area contributed by atoms with Gasteiger partial charge in [0.05, 0.1) is 6.61 Å². The van der Waals surface area contributed by atoms with Crippen molar-refractivity contribution in [3.63, 3.8) is 0 Å². The van der Waals surface area contributed by atoms with Crippen LogP contribution in [0.15, 0.2) is 23.2 Å². The van der Waals surface area contributed by atoms with Crippen LogP contribution in [0.25, 0.3) is 0 Å². The van der Waals surface area contributed by atoms with Crippen LogP contribution in [0.4, 0.5) is 0 Å². The quantitative estimate of drug-likeness (QED) is 0.437. The minimum absolute atomic E-state index is 0.667. The largest absolute Gasteiger partial charge is 0.380 e. The Morgan fingerprint density at radius 3 is 2.67 bits per heavy atom. The van der Waals surface area contributed by atoms with Crippen molar-refractivity contribution in [2.45, 2.75) is 19.8 Å². The van der Waals surface area contributed by atoms with E-state index in [9.17, 15) is 0 Å². The number of hydrogen-bond donors (Lipinski definition) is 2. The Kier molecular flexibility index (Phi) is 9.22. The third-order valence-corrected chi connectivity index (χ3v) is 3.48. The van der Waals surface area contributed by atoms with Crippen LogP contribution in [0.2, 0.25) is 10.0 Å². The van der Waals surface area contributed by atoms with Gasteiger partial charge in [-0.05, 0) is 37.5 Å². The maximum atomic E-state index is 6.14. The number of nitrogens with one attached hydrogen (secondary N) is 2. The van der Waals surface area contributed by atoms with Gasteiger partial charge in [-0.2, -0.15) is 0 Å². The molecule has 0 saturated carbocycles. The number of benzene rings is 1. The molecule has 118 valence electrons. The number of hydrogen-bond acceptors (Lipinski definition) is 2. The number of rotatable bonds is 8. The zero-order chi connectivity index (χ0) is 15.5. The third kappa shape index (κ3) is 7.55. The van der Waals surface area contributed by atoms with Crippen molar-refractivity contribution in [2.24, 2.45) is 4.99 Å². The van der Waals surface area contributed by atoms with E-state index in [1.807, 2.05) is 19.1 Å². The van der Waals surface area contributed by atoms with Crippen LogP contribution in [0.3, 0.4) is 0 Å². The Bertz CT molecular complexity index is 453. The van der Waals surface area contributed by atoms with Crippen LogP contribution >= 0.6 is 23.2 Å². The highest BCUT2D eigenvalue weighted by molar-refractivity contribution is 6.35. The molecule has 2 N–H and O–H groups in total. The van der Waals surface area contributed by atoms with Crippen LogP contribution < -0.4 is 10.6 Å². The Balaban J connectivity index is 2.22. The van der Waals surface area contributed by atoms with Gasteiger partial charge in [0.15, 0.2) is 5.96 Å². The highest BCUT2D eigenvalue weighted by atomic mass is 35.5. The molecule has 6 heteroatoms. The van der Waals surface area contributed by atoms with E-state index in [0.717, 1.165) is 49.1 Å². The Labute approximate surface area is 136 Å². The maximum Gasteiger partial charge on any atom is 0.191 e. The van der Waals surface area contributed by atoms with E-state index in [1.54, 1.807) is 13.1 Å². The van der Waals surface area contributed by atoms with Gasteiger partial charge >= 0.3 is 0 Å². The average Bonchev–Trinajstić information content (AvgIpc) is 2.47. The summed E-state index contributed by atoms with van der Waals surface area (Å²) < 4.78 is 5.26. The molecule has 0 atom stereocenters. The van der Waals surface area contributed by atoms with Gasteiger partial charge in [-0.3, -0.25) is 4.99 Å². The Morgan fingerprint density at radius 1 is 1.24 bits per heavy atom. The van der Waals surface area contributed by atoms with Crippen LogP contribution in [-0.4, -0.2) is 39.3 Å². The molecule has 0 radical (unpaired) electrons. The van der Waals surface area contributed by atoms with Gasteiger partial charge in [0, 0.05) is 36.8 Å². The van der Waals surface area contributed by atoms with E-state index in [-0.39, 0.29) is 0 Å². The predicted octanol–water partition coefficient (Wildman–Crippen LogP) is 3.13. The summed E-state index contributed by atoms with van der Waals surface area (Å²) in [5, 5.41) is 7.84. The van der Waals surface area contributed by atoms with Gasteiger partial charge in [0.25, 0.3) is 0 Å². The lowest BCUT2D eigenvalue weighted by Crippen LogP contribution is -2.39. The molecule has 1 aromatic rings. The summed E-state index contributed by atoms with van der Waals surface area (Å²) in [7, 11) is 1.76. The molecule has 0 amide bonds. The Morgan fingerprint density at radius 2 is 2.00 bits per heavy atom. The van der Waals surface area contributed by atoms with Crippen LogP contribution in [0.1, 0.15) is 18.9 Å². The summed E-state index contributed by atoms with van der Waals surface area (Å²) in [5.74, 6) is 0.789. The smallest absolute Gasteiger partial charge is 0.191 e.